The number of quaternary nitrogens is 1. The van der Waals surface area contributed by atoms with Crippen molar-refractivity contribution < 1.29 is 14.8 Å². The van der Waals surface area contributed by atoms with Gasteiger partial charge < -0.3 is 10.1 Å². The predicted octanol–water partition coefficient (Wildman–Crippen LogP) is -0.867. The third kappa shape index (κ3) is 5.30. The summed E-state index contributed by atoms with van der Waals surface area (Å²) in [6, 6.07) is 0. The van der Waals surface area contributed by atoms with E-state index < -0.39 is 0 Å². The number of rotatable bonds is 4. The minimum atomic E-state index is -0.125. The van der Waals surface area contributed by atoms with E-state index in [2.05, 4.69) is 17.0 Å². The molecule has 0 bridgehead atoms. The number of hydrogen-bond acceptors (Lipinski definition) is 2. The lowest BCUT2D eigenvalue weighted by Crippen LogP contribution is -2.83. The van der Waals surface area contributed by atoms with Crippen LogP contribution in [0.25, 0.3) is 0 Å². The first-order valence-corrected chi connectivity index (χ1v) is 3.19. The van der Waals surface area contributed by atoms with E-state index in [0.717, 1.165) is 13.1 Å². The Hall–Kier alpha value is -0.570. The molecular formula is C6H14NO2+. The Morgan fingerprint density at radius 1 is 1.67 bits per heavy atom. The highest BCUT2D eigenvalue weighted by Crippen LogP contribution is 1.76. The van der Waals surface area contributed by atoms with Gasteiger partial charge in [-0.2, -0.15) is 0 Å². The van der Waals surface area contributed by atoms with Crippen molar-refractivity contribution >= 4 is 5.97 Å². The topological polar surface area (TPSA) is 42.9 Å². The van der Waals surface area contributed by atoms with Gasteiger partial charge in [-0.3, -0.25) is 4.79 Å². The van der Waals surface area contributed by atoms with Crippen molar-refractivity contribution in [1.29, 1.82) is 0 Å². The first kappa shape index (κ1) is 8.43. The summed E-state index contributed by atoms with van der Waals surface area (Å²) in [4.78, 5) is 10.4. The monoisotopic (exact) mass is 132 g/mol. The lowest BCUT2D eigenvalue weighted by Gasteiger charge is -1.95. The fourth-order valence-electron chi connectivity index (χ4n) is 0.526. The summed E-state index contributed by atoms with van der Waals surface area (Å²) >= 11 is 0. The van der Waals surface area contributed by atoms with Crippen molar-refractivity contribution in [3.8, 4) is 0 Å². The predicted molar refractivity (Wildman–Crippen MR) is 34.0 cm³/mol. The summed E-state index contributed by atoms with van der Waals surface area (Å²) < 4.78 is 4.44. The average Bonchev–Trinajstić information content (AvgIpc) is 1.89. The number of nitrogens with two attached hydrogens (primary N) is 1. The molecule has 0 aliphatic heterocycles. The number of carbonyl (C=O) groups is 1. The van der Waals surface area contributed by atoms with Crippen LogP contribution in [0.15, 0.2) is 0 Å². The lowest BCUT2D eigenvalue weighted by atomic mass is 10.4. The van der Waals surface area contributed by atoms with Crippen LogP contribution in [0.1, 0.15) is 13.3 Å². The zero-order valence-corrected chi connectivity index (χ0v) is 6.02. The van der Waals surface area contributed by atoms with Crippen molar-refractivity contribution in [1.82, 2.24) is 0 Å². The van der Waals surface area contributed by atoms with Crippen molar-refractivity contribution in [2.45, 2.75) is 13.3 Å². The third-order valence-corrected chi connectivity index (χ3v) is 1.07. The molecule has 0 rings (SSSR count). The molecule has 0 aromatic rings. The molecule has 0 amide bonds. The van der Waals surface area contributed by atoms with E-state index in [0.29, 0.717) is 6.42 Å². The van der Waals surface area contributed by atoms with E-state index in [1.54, 1.807) is 0 Å². The molecular weight excluding hydrogens is 118 g/mol. The molecule has 54 valence electrons. The van der Waals surface area contributed by atoms with Crippen LogP contribution in [0.4, 0.5) is 0 Å². The Kier molecular flexibility index (Phi) is 5.21. The fraction of sp³-hybridized carbons (Fsp3) is 0.833. The minimum absolute atomic E-state index is 0.125. The van der Waals surface area contributed by atoms with Gasteiger partial charge in [-0.05, 0) is 6.92 Å². The summed E-state index contributed by atoms with van der Waals surface area (Å²) in [7, 11) is 1.41. The molecule has 0 spiro atoms. The van der Waals surface area contributed by atoms with Crippen LogP contribution in [0.5, 0.6) is 0 Å². The van der Waals surface area contributed by atoms with Crippen molar-refractivity contribution in [3.05, 3.63) is 0 Å². The van der Waals surface area contributed by atoms with Gasteiger partial charge in [0.15, 0.2) is 0 Å². The molecule has 0 heterocycles. The molecule has 0 saturated heterocycles. The molecule has 9 heavy (non-hydrogen) atoms. The normalized spacial score (nSPS) is 9.11. The average molecular weight is 132 g/mol. The van der Waals surface area contributed by atoms with Gasteiger partial charge in [-0.15, -0.1) is 0 Å². The van der Waals surface area contributed by atoms with Gasteiger partial charge in [0.1, 0.15) is 0 Å². The molecule has 0 aliphatic carbocycles. The second-order valence-corrected chi connectivity index (χ2v) is 1.81. The number of carbonyl (C=O) groups excluding carboxylic acids is 1. The summed E-state index contributed by atoms with van der Waals surface area (Å²) in [6.45, 7) is 3.91. The van der Waals surface area contributed by atoms with Gasteiger partial charge in [0.2, 0.25) is 0 Å². The standard InChI is InChI=1S/C6H13NO2/c1-3-7-5-4-6(8)9-2/h7H,3-5H2,1-2H3/p+1. The number of esters is 1. The Bertz CT molecular complexity index is 83.1. The highest BCUT2D eigenvalue weighted by Gasteiger charge is 1.98. The van der Waals surface area contributed by atoms with E-state index in [1.807, 2.05) is 0 Å². The van der Waals surface area contributed by atoms with Gasteiger partial charge in [-0.25, -0.2) is 0 Å². The van der Waals surface area contributed by atoms with Gasteiger partial charge in [-0.1, -0.05) is 0 Å². The van der Waals surface area contributed by atoms with E-state index in [-0.39, 0.29) is 5.97 Å². The zero-order chi connectivity index (χ0) is 7.11. The van der Waals surface area contributed by atoms with Crippen LogP contribution in [-0.4, -0.2) is 26.2 Å². The molecule has 0 fully saturated rings. The molecule has 0 radical (unpaired) electrons. The molecule has 0 aliphatic rings. The molecule has 3 nitrogen and oxygen atoms in total. The largest absolute Gasteiger partial charge is 0.469 e. The molecule has 2 N–H and O–H groups in total. The number of hydrogen-bond donors (Lipinski definition) is 1. The molecule has 0 unspecified atom stereocenters. The lowest BCUT2D eigenvalue weighted by molar-refractivity contribution is -0.650. The molecule has 0 atom stereocenters. The van der Waals surface area contributed by atoms with Gasteiger partial charge in [0.05, 0.1) is 26.6 Å². The first-order valence-electron chi connectivity index (χ1n) is 3.19. The maximum Gasteiger partial charge on any atom is 0.311 e. The van der Waals surface area contributed by atoms with Crippen LogP contribution in [0, 0.1) is 0 Å². The van der Waals surface area contributed by atoms with Crippen molar-refractivity contribution in [2.75, 3.05) is 20.2 Å². The van der Waals surface area contributed by atoms with Crippen LogP contribution >= 0.6 is 0 Å². The Balaban J connectivity index is 2.97. The van der Waals surface area contributed by atoms with Gasteiger partial charge in [0.25, 0.3) is 0 Å². The second kappa shape index (κ2) is 5.56. The van der Waals surface area contributed by atoms with Crippen LogP contribution in [0.2, 0.25) is 0 Å². The van der Waals surface area contributed by atoms with E-state index in [9.17, 15) is 4.79 Å². The minimum Gasteiger partial charge on any atom is -0.469 e. The summed E-state index contributed by atoms with van der Waals surface area (Å²) in [6.07, 6.45) is 0.518. The SMILES string of the molecule is CC[NH2+]CCC(=O)OC. The summed E-state index contributed by atoms with van der Waals surface area (Å²) in [5, 5.41) is 2.07. The van der Waals surface area contributed by atoms with Crippen LogP contribution in [0.3, 0.4) is 0 Å². The molecule has 0 aromatic heterocycles. The highest BCUT2D eigenvalue weighted by atomic mass is 16.5. The number of methoxy groups -OCH3 is 1. The molecule has 0 saturated carbocycles. The zero-order valence-electron chi connectivity index (χ0n) is 6.02. The molecule has 0 aromatic carbocycles. The third-order valence-electron chi connectivity index (χ3n) is 1.07. The second-order valence-electron chi connectivity index (χ2n) is 1.81. The van der Waals surface area contributed by atoms with Crippen molar-refractivity contribution in [2.24, 2.45) is 0 Å². The fourth-order valence-corrected chi connectivity index (χ4v) is 0.526. The smallest absolute Gasteiger partial charge is 0.311 e. The van der Waals surface area contributed by atoms with E-state index >= 15 is 0 Å². The van der Waals surface area contributed by atoms with E-state index in [4.69, 9.17) is 0 Å². The highest BCUT2D eigenvalue weighted by molar-refractivity contribution is 5.69. The Morgan fingerprint density at radius 3 is 2.78 bits per heavy atom. The van der Waals surface area contributed by atoms with Gasteiger partial charge >= 0.3 is 5.97 Å². The Morgan fingerprint density at radius 2 is 2.33 bits per heavy atom. The quantitative estimate of drug-likeness (QED) is 0.399. The maximum absolute atomic E-state index is 10.4. The van der Waals surface area contributed by atoms with Crippen LogP contribution in [-0.2, 0) is 9.53 Å². The van der Waals surface area contributed by atoms with E-state index in [1.165, 1.54) is 7.11 Å². The van der Waals surface area contributed by atoms with Gasteiger partial charge in [0, 0.05) is 0 Å². The number of ether oxygens (including phenoxy) is 1. The first-order chi connectivity index (χ1) is 4.31. The van der Waals surface area contributed by atoms with Crippen LogP contribution < -0.4 is 5.32 Å². The maximum atomic E-state index is 10.4. The van der Waals surface area contributed by atoms with Crippen molar-refractivity contribution in [3.63, 3.8) is 0 Å². The summed E-state index contributed by atoms with van der Waals surface area (Å²) in [5.74, 6) is -0.125. The Labute approximate surface area is 55.4 Å². The summed E-state index contributed by atoms with van der Waals surface area (Å²) in [5.41, 5.74) is 0. The molecule has 3 heteroatoms.